The fraction of sp³-hybridized carbons (Fsp3) is 0.200. The maximum atomic E-state index is 12.9. The molecule has 0 bridgehead atoms. The first-order chi connectivity index (χ1) is 20.7. The summed E-state index contributed by atoms with van der Waals surface area (Å²) in [5.41, 5.74) is 4.53. The molecule has 0 N–H and O–H groups in total. The molecule has 212 valence electrons. The van der Waals surface area contributed by atoms with Gasteiger partial charge in [-0.05, 0) is 52.2 Å². The third-order valence-corrected chi connectivity index (χ3v) is 8.56. The monoisotopic (exact) mass is 575 g/mol. The number of piperazine rings is 1. The van der Waals surface area contributed by atoms with Gasteiger partial charge in [0.2, 0.25) is 0 Å². The molecule has 1 amide bonds. The van der Waals surface area contributed by atoms with Crippen molar-refractivity contribution in [2.45, 2.75) is 12.6 Å². The zero-order valence-electron chi connectivity index (χ0n) is 23.6. The molecule has 0 radical (unpaired) electrons. The lowest BCUT2D eigenvalue weighted by Crippen LogP contribution is -2.49. The average molecular weight is 576 g/mol. The molecule has 4 aromatic rings. The van der Waals surface area contributed by atoms with Crippen LogP contribution in [0, 0.1) is 0 Å². The smallest absolute Gasteiger partial charge is 0.286 e. The number of hydrogen-bond acceptors (Lipinski definition) is 6. The summed E-state index contributed by atoms with van der Waals surface area (Å²) in [6.07, 6.45) is 1.88. The van der Waals surface area contributed by atoms with Crippen LogP contribution in [0.3, 0.4) is 0 Å². The van der Waals surface area contributed by atoms with Crippen molar-refractivity contribution in [3.8, 4) is 11.5 Å². The highest BCUT2D eigenvalue weighted by molar-refractivity contribution is 8.18. The Hall–Kier alpha value is -4.33. The fourth-order valence-corrected chi connectivity index (χ4v) is 6.33. The predicted octanol–water partition coefficient (Wildman–Crippen LogP) is 6.65. The van der Waals surface area contributed by atoms with E-state index in [-0.39, 0.29) is 11.9 Å². The number of thioether (sulfide) groups is 1. The number of nitrogens with zero attached hydrogens (tertiary/aromatic N) is 3. The Kier molecular flexibility index (Phi) is 8.68. The molecule has 0 atom stereocenters. The molecule has 6 rings (SSSR count). The van der Waals surface area contributed by atoms with Crippen LogP contribution in [0.25, 0.3) is 6.08 Å². The second kappa shape index (κ2) is 13.1. The van der Waals surface area contributed by atoms with Crippen LogP contribution in [-0.4, -0.2) is 54.2 Å². The maximum absolute atomic E-state index is 12.9. The summed E-state index contributed by atoms with van der Waals surface area (Å²) in [6.45, 7) is 3.83. The fourth-order valence-electron chi connectivity index (χ4n) is 5.37. The quantitative estimate of drug-likeness (QED) is 0.219. The lowest BCUT2D eigenvalue weighted by Gasteiger charge is -2.40. The van der Waals surface area contributed by atoms with E-state index in [1.807, 2.05) is 54.6 Å². The van der Waals surface area contributed by atoms with E-state index in [9.17, 15) is 4.79 Å². The van der Waals surface area contributed by atoms with E-state index in [2.05, 4.69) is 75.5 Å². The van der Waals surface area contributed by atoms with E-state index >= 15 is 0 Å². The van der Waals surface area contributed by atoms with Gasteiger partial charge < -0.3 is 14.4 Å². The van der Waals surface area contributed by atoms with Crippen molar-refractivity contribution in [1.29, 1.82) is 0 Å². The number of carbonyl (C=O) groups is 1. The largest absolute Gasteiger partial charge is 0.493 e. The Bertz CT molecular complexity index is 1530. The highest BCUT2D eigenvalue weighted by atomic mass is 32.2. The number of benzene rings is 4. The van der Waals surface area contributed by atoms with Gasteiger partial charge >= 0.3 is 0 Å². The number of carbonyl (C=O) groups excluding carboxylic acids is 1. The lowest BCUT2D eigenvalue weighted by atomic mass is 9.96. The Labute approximate surface area is 251 Å². The van der Waals surface area contributed by atoms with Crippen molar-refractivity contribution in [3.05, 3.63) is 136 Å². The molecule has 0 aliphatic carbocycles. The van der Waals surface area contributed by atoms with E-state index in [0.29, 0.717) is 23.0 Å². The molecule has 0 spiro atoms. The molecule has 0 saturated carbocycles. The molecule has 4 aromatic carbocycles. The first-order valence-corrected chi connectivity index (χ1v) is 15.0. The van der Waals surface area contributed by atoms with Crippen molar-refractivity contribution >= 4 is 28.9 Å². The molecule has 0 unspecified atom stereocenters. The summed E-state index contributed by atoms with van der Waals surface area (Å²) >= 11 is 1.44. The first-order valence-electron chi connectivity index (χ1n) is 14.1. The molecule has 6 nitrogen and oxygen atoms in total. The molecule has 1 saturated heterocycles. The van der Waals surface area contributed by atoms with Crippen LogP contribution in [-0.2, 0) is 11.4 Å². The van der Waals surface area contributed by atoms with Crippen molar-refractivity contribution in [1.82, 2.24) is 9.80 Å². The normalized spacial score (nSPS) is 16.6. The molecule has 42 heavy (non-hydrogen) atoms. The standard InChI is InChI=1S/C35H33N3O3S/c1-40-31-23-27(17-18-30(31)41-25-26-11-5-2-6-12-26)24-32-34(39)36-35(42-32)38-21-19-37(20-22-38)33(28-13-7-3-8-14-28)29-15-9-4-10-16-29/h2-18,23-24,33H,19-22,25H2,1H3/b32-24+. The summed E-state index contributed by atoms with van der Waals surface area (Å²) < 4.78 is 11.6. The second-order valence-electron chi connectivity index (χ2n) is 10.2. The van der Waals surface area contributed by atoms with Crippen LogP contribution in [0.4, 0.5) is 0 Å². The molecular formula is C35H33N3O3S. The van der Waals surface area contributed by atoms with Crippen LogP contribution in [0.15, 0.2) is 119 Å². The van der Waals surface area contributed by atoms with E-state index in [1.54, 1.807) is 7.11 Å². The minimum atomic E-state index is -0.202. The van der Waals surface area contributed by atoms with Crippen LogP contribution in [0.1, 0.15) is 28.3 Å². The van der Waals surface area contributed by atoms with Crippen LogP contribution in [0.2, 0.25) is 0 Å². The van der Waals surface area contributed by atoms with E-state index in [1.165, 1.54) is 22.9 Å². The zero-order chi connectivity index (χ0) is 28.7. The SMILES string of the molecule is COc1cc(/C=C2/SC(N3CCN(C(c4ccccc4)c4ccccc4)CC3)=NC2=O)ccc1OCc1ccccc1. The van der Waals surface area contributed by atoms with Crippen LogP contribution in [0.5, 0.6) is 11.5 Å². The molecule has 1 fully saturated rings. The van der Waals surface area contributed by atoms with E-state index < -0.39 is 0 Å². The molecule has 7 heteroatoms. The Morgan fingerprint density at radius 2 is 1.43 bits per heavy atom. The summed E-state index contributed by atoms with van der Waals surface area (Å²) in [6, 6.07) is 37.3. The van der Waals surface area contributed by atoms with Gasteiger partial charge in [0.1, 0.15) is 6.61 Å². The molecular weight excluding hydrogens is 542 g/mol. The Morgan fingerprint density at radius 3 is 2.05 bits per heavy atom. The summed E-state index contributed by atoms with van der Waals surface area (Å²) in [7, 11) is 1.62. The van der Waals surface area contributed by atoms with Gasteiger partial charge in [-0.3, -0.25) is 9.69 Å². The topological polar surface area (TPSA) is 54.4 Å². The Morgan fingerprint density at radius 1 is 0.810 bits per heavy atom. The first kappa shape index (κ1) is 27.8. The van der Waals surface area contributed by atoms with Crippen LogP contribution < -0.4 is 9.47 Å². The average Bonchev–Trinajstić information content (AvgIpc) is 3.42. The van der Waals surface area contributed by atoms with Gasteiger partial charge in [-0.15, -0.1) is 0 Å². The number of methoxy groups -OCH3 is 1. The van der Waals surface area contributed by atoms with Gasteiger partial charge in [-0.1, -0.05) is 97.1 Å². The van der Waals surface area contributed by atoms with Crippen LogP contribution >= 0.6 is 11.8 Å². The van der Waals surface area contributed by atoms with Crippen molar-refractivity contribution in [3.63, 3.8) is 0 Å². The Balaban J connectivity index is 1.10. The number of hydrogen-bond donors (Lipinski definition) is 0. The van der Waals surface area contributed by atoms with E-state index in [4.69, 9.17) is 9.47 Å². The lowest BCUT2D eigenvalue weighted by molar-refractivity contribution is -0.113. The molecule has 0 aromatic heterocycles. The number of aliphatic imine (C=N–C) groups is 1. The number of ether oxygens (including phenoxy) is 2. The minimum Gasteiger partial charge on any atom is -0.493 e. The number of rotatable bonds is 8. The van der Waals surface area contributed by atoms with Gasteiger partial charge in [0.25, 0.3) is 5.91 Å². The van der Waals surface area contributed by atoms with Crippen molar-refractivity contribution in [2.24, 2.45) is 4.99 Å². The highest BCUT2D eigenvalue weighted by Gasteiger charge is 2.31. The third-order valence-electron chi connectivity index (χ3n) is 7.51. The summed E-state index contributed by atoms with van der Waals surface area (Å²) in [5.74, 6) is 1.08. The van der Waals surface area contributed by atoms with Gasteiger partial charge in [-0.25, -0.2) is 0 Å². The van der Waals surface area contributed by atoms with Gasteiger partial charge in [0, 0.05) is 26.2 Å². The van der Waals surface area contributed by atoms with Gasteiger partial charge in [-0.2, -0.15) is 4.99 Å². The minimum absolute atomic E-state index is 0.194. The second-order valence-corrected chi connectivity index (χ2v) is 11.3. The van der Waals surface area contributed by atoms with Gasteiger partial charge in [0.05, 0.1) is 18.1 Å². The maximum Gasteiger partial charge on any atom is 0.286 e. The molecule has 2 aliphatic heterocycles. The number of amides is 1. The van der Waals surface area contributed by atoms with Crippen molar-refractivity contribution in [2.75, 3.05) is 33.3 Å². The van der Waals surface area contributed by atoms with Gasteiger partial charge in [0.15, 0.2) is 16.7 Å². The molecule has 2 aliphatic rings. The highest BCUT2D eigenvalue weighted by Crippen LogP contribution is 2.35. The predicted molar refractivity (Wildman–Crippen MR) is 170 cm³/mol. The molecule has 2 heterocycles. The summed E-state index contributed by atoms with van der Waals surface area (Å²) in [5, 5.41) is 0.775. The third kappa shape index (κ3) is 6.43. The number of amidine groups is 1. The zero-order valence-corrected chi connectivity index (χ0v) is 24.4. The van der Waals surface area contributed by atoms with E-state index in [0.717, 1.165) is 42.5 Å². The summed E-state index contributed by atoms with van der Waals surface area (Å²) in [4.78, 5) is 22.7. The van der Waals surface area contributed by atoms with Crippen molar-refractivity contribution < 1.29 is 14.3 Å².